The van der Waals surface area contributed by atoms with Gasteiger partial charge in [0, 0.05) is 12.6 Å². The van der Waals surface area contributed by atoms with Crippen LogP contribution in [0.3, 0.4) is 0 Å². The van der Waals surface area contributed by atoms with Crippen molar-refractivity contribution in [1.82, 2.24) is 5.32 Å². The second kappa shape index (κ2) is 5.46. The molecule has 100 valence electrons. The SMILES string of the molecule is CC(C)/C(=C/C(=N)C(F)(F)F)NCC(C)(F)F. The molecule has 2 nitrogen and oxygen atoms in total. The lowest BCUT2D eigenvalue weighted by molar-refractivity contribution is -0.0584. The quantitative estimate of drug-likeness (QED) is 0.575. The van der Waals surface area contributed by atoms with E-state index < -0.39 is 30.3 Å². The Balaban J connectivity index is 4.76. The van der Waals surface area contributed by atoms with E-state index in [2.05, 4.69) is 5.32 Å². The van der Waals surface area contributed by atoms with Crippen LogP contribution >= 0.6 is 0 Å². The van der Waals surface area contributed by atoms with Crippen LogP contribution in [0.5, 0.6) is 0 Å². The summed E-state index contributed by atoms with van der Waals surface area (Å²) in [5.41, 5.74) is -1.60. The monoisotopic (exact) mass is 258 g/mol. The van der Waals surface area contributed by atoms with Crippen LogP contribution in [-0.2, 0) is 0 Å². The van der Waals surface area contributed by atoms with E-state index in [1.807, 2.05) is 0 Å². The van der Waals surface area contributed by atoms with Gasteiger partial charge in [0.05, 0.1) is 6.54 Å². The van der Waals surface area contributed by atoms with Crippen molar-refractivity contribution >= 4 is 5.71 Å². The van der Waals surface area contributed by atoms with E-state index in [9.17, 15) is 22.0 Å². The molecule has 0 aliphatic heterocycles. The number of rotatable bonds is 5. The first kappa shape index (κ1) is 15.9. The second-order valence-corrected chi connectivity index (χ2v) is 4.09. The molecule has 0 amide bonds. The summed E-state index contributed by atoms with van der Waals surface area (Å²) in [6.45, 7) is 3.00. The number of hydrogen-bond donors (Lipinski definition) is 2. The minimum atomic E-state index is -4.77. The van der Waals surface area contributed by atoms with Gasteiger partial charge in [-0.2, -0.15) is 13.2 Å². The number of alkyl halides is 5. The summed E-state index contributed by atoms with van der Waals surface area (Å²) in [7, 11) is 0. The van der Waals surface area contributed by atoms with Gasteiger partial charge in [-0.05, 0) is 12.0 Å². The van der Waals surface area contributed by atoms with E-state index in [0.29, 0.717) is 13.0 Å². The molecule has 7 heteroatoms. The molecule has 0 aromatic carbocycles. The Bertz CT molecular complexity index is 299. The van der Waals surface area contributed by atoms with Crippen molar-refractivity contribution in [3.63, 3.8) is 0 Å². The van der Waals surface area contributed by atoms with Crippen molar-refractivity contribution < 1.29 is 22.0 Å². The van der Waals surface area contributed by atoms with Crippen LogP contribution in [0.1, 0.15) is 20.8 Å². The highest BCUT2D eigenvalue weighted by molar-refractivity contribution is 5.97. The van der Waals surface area contributed by atoms with Crippen LogP contribution in [-0.4, -0.2) is 24.4 Å². The lowest BCUT2D eigenvalue weighted by atomic mass is 10.1. The second-order valence-electron chi connectivity index (χ2n) is 4.09. The Morgan fingerprint density at radius 2 is 1.71 bits per heavy atom. The number of nitrogens with one attached hydrogen (secondary N) is 2. The van der Waals surface area contributed by atoms with Crippen LogP contribution in [0.15, 0.2) is 11.8 Å². The first-order chi connectivity index (χ1) is 7.43. The number of allylic oxidation sites excluding steroid dienone is 2. The molecule has 2 N–H and O–H groups in total. The molecule has 0 atom stereocenters. The molecule has 0 aliphatic carbocycles. The van der Waals surface area contributed by atoms with Gasteiger partial charge in [-0.15, -0.1) is 0 Å². The molecule has 0 bridgehead atoms. The maximum Gasteiger partial charge on any atom is 0.432 e. The maximum absolute atomic E-state index is 12.6. The van der Waals surface area contributed by atoms with Gasteiger partial charge >= 0.3 is 6.18 Å². The van der Waals surface area contributed by atoms with E-state index in [1.54, 1.807) is 13.8 Å². The predicted molar refractivity (Wildman–Crippen MR) is 55.3 cm³/mol. The molecule has 17 heavy (non-hydrogen) atoms. The summed E-state index contributed by atoms with van der Waals surface area (Å²) >= 11 is 0. The molecule has 0 spiro atoms. The predicted octanol–water partition coefficient (Wildman–Crippen LogP) is 3.35. The van der Waals surface area contributed by atoms with Crippen molar-refractivity contribution in [2.75, 3.05) is 6.54 Å². The summed E-state index contributed by atoms with van der Waals surface area (Å²) in [6.07, 6.45) is -4.23. The standard InChI is InChI=1S/C10H15F5N2/c1-6(2)7(17-5-9(3,11)12)4-8(16)10(13,14)15/h4,6,16-17H,5H2,1-3H3/b7-4-,16-8?. The normalized spacial score (nSPS) is 14.1. The van der Waals surface area contributed by atoms with E-state index in [4.69, 9.17) is 5.41 Å². The van der Waals surface area contributed by atoms with E-state index in [-0.39, 0.29) is 5.70 Å². The zero-order valence-corrected chi connectivity index (χ0v) is 9.75. The van der Waals surface area contributed by atoms with Crippen LogP contribution < -0.4 is 5.32 Å². The smallest absolute Gasteiger partial charge is 0.382 e. The van der Waals surface area contributed by atoms with Crippen molar-refractivity contribution in [2.24, 2.45) is 5.92 Å². The van der Waals surface area contributed by atoms with Gasteiger partial charge < -0.3 is 5.32 Å². The largest absolute Gasteiger partial charge is 0.432 e. The van der Waals surface area contributed by atoms with Gasteiger partial charge in [-0.1, -0.05) is 13.8 Å². The van der Waals surface area contributed by atoms with Gasteiger partial charge in [0.2, 0.25) is 0 Å². The third-order valence-corrected chi connectivity index (χ3v) is 1.83. The molecule has 0 radical (unpaired) electrons. The lowest BCUT2D eigenvalue weighted by Gasteiger charge is -2.18. The van der Waals surface area contributed by atoms with Crippen molar-refractivity contribution in [3.05, 3.63) is 11.8 Å². The molecular formula is C10H15F5N2. The van der Waals surface area contributed by atoms with Gasteiger partial charge in [-0.3, -0.25) is 5.41 Å². The number of halogens is 5. The minimum Gasteiger partial charge on any atom is -0.382 e. The average Bonchev–Trinajstić information content (AvgIpc) is 2.07. The molecular weight excluding hydrogens is 243 g/mol. The topological polar surface area (TPSA) is 35.9 Å². The van der Waals surface area contributed by atoms with Crippen LogP contribution in [0.4, 0.5) is 22.0 Å². The van der Waals surface area contributed by atoms with E-state index in [1.165, 1.54) is 0 Å². The third kappa shape index (κ3) is 6.91. The van der Waals surface area contributed by atoms with Gasteiger partial charge in [-0.25, -0.2) is 8.78 Å². The van der Waals surface area contributed by atoms with Crippen molar-refractivity contribution in [1.29, 1.82) is 5.41 Å². The molecule has 0 saturated heterocycles. The fourth-order valence-electron chi connectivity index (χ4n) is 0.916. The zero-order chi connectivity index (χ0) is 13.9. The summed E-state index contributed by atoms with van der Waals surface area (Å²) in [4.78, 5) is 0. The van der Waals surface area contributed by atoms with Gasteiger partial charge in [0.15, 0.2) is 0 Å². The Morgan fingerprint density at radius 1 is 1.24 bits per heavy atom. The highest BCUT2D eigenvalue weighted by atomic mass is 19.4. The average molecular weight is 258 g/mol. The first-order valence-corrected chi connectivity index (χ1v) is 4.92. The van der Waals surface area contributed by atoms with Crippen molar-refractivity contribution in [3.8, 4) is 0 Å². The van der Waals surface area contributed by atoms with E-state index in [0.717, 1.165) is 0 Å². The van der Waals surface area contributed by atoms with Gasteiger partial charge in [0.1, 0.15) is 5.71 Å². The molecule has 0 saturated carbocycles. The Kier molecular flexibility index (Phi) is 5.10. The highest BCUT2D eigenvalue weighted by Gasteiger charge is 2.33. The molecule has 0 aromatic rings. The number of hydrogen-bond acceptors (Lipinski definition) is 2. The third-order valence-electron chi connectivity index (χ3n) is 1.83. The van der Waals surface area contributed by atoms with Gasteiger partial charge in [0.25, 0.3) is 5.92 Å². The minimum absolute atomic E-state index is 0.0335. The first-order valence-electron chi connectivity index (χ1n) is 4.92. The Morgan fingerprint density at radius 3 is 2.00 bits per heavy atom. The Hall–Kier alpha value is -1.14. The van der Waals surface area contributed by atoms with Crippen LogP contribution in [0.25, 0.3) is 0 Å². The molecule has 0 fully saturated rings. The molecule has 0 heterocycles. The molecule has 0 aliphatic rings. The summed E-state index contributed by atoms with van der Waals surface area (Å²) in [5, 5.41) is 9.00. The van der Waals surface area contributed by atoms with Crippen molar-refractivity contribution in [2.45, 2.75) is 32.9 Å². The molecule has 0 aromatic heterocycles. The molecule has 0 unspecified atom stereocenters. The highest BCUT2D eigenvalue weighted by Crippen LogP contribution is 2.19. The summed E-state index contributed by atoms with van der Waals surface area (Å²) in [5.74, 6) is -3.42. The Labute approximate surface area is 96.4 Å². The fourth-order valence-corrected chi connectivity index (χ4v) is 0.916. The maximum atomic E-state index is 12.6. The summed E-state index contributed by atoms with van der Waals surface area (Å²) in [6, 6.07) is 0. The van der Waals surface area contributed by atoms with Crippen LogP contribution in [0.2, 0.25) is 0 Å². The lowest BCUT2D eigenvalue weighted by Crippen LogP contribution is -2.32. The molecule has 0 rings (SSSR count). The zero-order valence-electron chi connectivity index (χ0n) is 9.75. The van der Waals surface area contributed by atoms with Crippen LogP contribution in [0, 0.1) is 11.3 Å². The van der Waals surface area contributed by atoms with E-state index >= 15 is 0 Å². The summed E-state index contributed by atoms with van der Waals surface area (Å²) < 4.78 is 61.4. The fraction of sp³-hybridized carbons (Fsp3) is 0.700.